The maximum absolute atomic E-state index is 12.2. The normalized spacial score (nSPS) is 22.0. The zero-order chi connectivity index (χ0) is 14.8. The molecule has 6 heteroatoms. The second kappa shape index (κ2) is 5.97. The van der Waals surface area contributed by atoms with E-state index in [2.05, 4.69) is 10.4 Å². The van der Waals surface area contributed by atoms with Crippen LogP contribution in [0.15, 0.2) is 10.9 Å². The van der Waals surface area contributed by atoms with Crippen molar-refractivity contribution in [2.75, 3.05) is 13.2 Å². The van der Waals surface area contributed by atoms with Gasteiger partial charge in [-0.05, 0) is 44.6 Å². The number of nitrogens with one attached hydrogen (secondary N) is 1. The number of aromatic nitrogens is 2. The lowest BCUT2D eigenvalue weighted by Crippen LogP contribution is -2.40. The molecule has 1 amide bonds. The molecule has 1 N–H and O–H groups in total. The van der Waals surface area contributed by atoms with E-state index in [0.717, 1.165) is 50.0 Å². The Hall–Kier alpha value is -1.69. The van der Waals surface area contributed by atoms with Crippen LogP contribution in [0, 0.1) is 0 Å². The molecule has 1 fully saturated rings. The Bertz CT molecular complexity index is 590. The predicted molar refractivity (Wildman–Crippen MR) is 77.2 cm³/mol. The smallest absolute Gasteiger partial charge is 0.267 e. The summed E-state index contributed by atoms with van der Waals surface area (Å²) in [7, 11) is 0. The summed E-state index contributed by atoms with van der Waals surface area (Å²) < 4.78 is 6.77. The van der Waals surface area contributed by atoms with Crippen LogP contribution in [0.3, 0.4) is 0 Å². The lowest BCUT2D eigenvalue weighted by Gasteiger charge is -2.16. The molecule has 1 aromatic rings. The Kier molecular flexibility index (Phi) is 4.05. The summed E-state index contributed by atoms with van der Waals surface area (Å²) in [4.78, 5) is 24.3. The molecule has 1 saturated heterocycles. The molecule has 0 spiro atoms. The standard InChI is InChI=1S/C15H21N3O3/c1-10(15(20)16-9-12-5-3-7-21-12)18-14(19)8-11-4-2-6-13(11)17-18/h8,10,12H,2-7,9H2,1H3,(H,16,20)/t10-,12+/m1/s1. The van der Waals surface area contributed by atoms with Gasteiger partial charge in [0.15, 0.2) is 0 Å². The highest BCUT2D eigenvalue weighted by molar-refractivity contribution is 5.79. The molecule has 1 aliphatic carbocycles. The molecule has 21 heavy (non-hydrogen) atoms. The maximum atomic E-state index is 12.2. The lowest BCUT2D eigenvalue weighted by atomic mass is 10.2. The summed E-state index contributed by atoms with van der Waals surface area (Å²) in [5.74, 6) is -0.182. The van der Waals surface area contributed by atoms with Gasteiger partial charge < -0.3 is 10.1 Å². The number of amides is 1. The molecule has 0 aromatic carbocycles. The van der Waals surface area contributed by atoms with Crippen LogP contribution in [0.25, 0.3) is 0 Å². The van der Waals surface area contributed by atoms with E-state index in [0.29, 0.717) is 6.54 Å². The van der Waals surface area contributed by atoms with E-state index in [1.54, 1.807) is 13.0 Å². The van der Waals surface area contributed by atoms with Gasteiger partial charge in [-0.3, -0.25) is 9.59 Å². The van der Waals surface area contributed by atoms with Gasteiger partial charge in [0.05, 0.1) is 11.8 Å². The van der Waals surface area contributed by atoms with Crippen molar-refractivity contribution in [3.63, 3.8) is 0 Å². The van der Waals surface area contributed by atoms with Crippen LogP contribution in [-0.4, -0.2) is 34.9 Å². The van der Waals surface area contributed by atoms with E-state index in [1.165, 1.54) is 4.68 Å². The van der Waals surface area contributed by atoms with Crippen LogP contribution in [0.2, 0.25) is 0 Å². The summed E-state index contributed by atoms with van der Waals surface area (Å²) in [5.41, 5.74) is 1.78. The second-order valence-corrected chi connectivity index (χ2v) is 5.81. The minimum Gasteiger partial charge on any atom is -0.376 e. The quantitative estimate of drug-likeness (QED) is 0.881. The Morgan fingerprint density at radius 1 is 1.52 bits per heavy atom. The van der Waals surface area contributed by atoms with E-state index in [9.17, 15) is 9.59 Å². The minimum absolute atomic E-state index is 0.103. The fraction of sp³-hybridized carbons (Fsp3) is 0.667. The van der Waals surface area contributed by atoms with E-state index in [4.69, 9.17) is 4.74 Å². The molecule has 3 rings (SSSR count). The number of ether oxygens (including phenoxy) is 1. The molecule has 2 heterocycles. The lowest BCUT2D eigenvalue weighted by molar-refractivity contribution is -0.124. The van der Waals surface area contributed by atoms with E-state index in [1.807, 2.05) is 0 Å². The van der Waals surface area contributed by atoms with Crippen LogP contribution in [-0.2, 0) is 22.4 Å². The van der Waals surface area contributed by atoms with Crippen LogP contribution in [0.5, 0.6) is 0 Å². The topological polar surface area (TPSA) is 73.2 Å². The predicted octanol–water partition coefficient (Wildman–Crippen LogP) is 0.588. The van der Waals surface area contributed by atoms with Crippen molar-refractivity contribution in [1.82, 2.24) is 15.1 Å². The fourth-order valence-corrected chi connectivity index (χ4v) is 2.97. The molecule has 0 saturated carbocycles. The number of rotatable bonds is 4. The van der Waals surface area contributed by atoms with Gasteiger partial charge in [0, 0.05) is 19.2 Å². The molecule has 2 aliphatic rings. The van der Waals surface area contributed by atoms with Gasteiger partial charge in [-0.25, -0.2) is 4.68 Å². The minimum atomic E-state index is -0.593. The second-order valence-electron chi connectivity index (χ2n) is 5.81. The van der Waals surface area contributed by atoms with Gasteiger partial charge in [0.2, 0.25) is 5.91 Å². The number of carbonyl (C=O) groups is 1. The molecule has 0 radical (unpaired) electrons. The van der Waals surface area contributed by atoms with Crippen molar-refractivity contribution in [3.8, 4) is 0 Å². The summed E-state index contributed by atoms with van der Waals surface area (Å²) in [5, 5.41) is 7.22. The monoisotopic (exact) mass is 291 g/mol. The molecule has 0 unspecified atom stereocenters. The third-order valence-corrected chi connectivity index (χ3v) is 4.26. The Labute approximate surface area is 123 Å². The van der Waals surface area contributed by atoms with Gasteiger partial charge >= 0.3 is 0 Å². The number of fused-ring (bicyclic) bond motifs is 1. The first-order valence-electron chi connectivity index (χ1n) is 7.66. The largest absolute Gasteiger partial charge is 0.376 e. The molecule has 1 aliphatic heterocycles. The van der Waals surface area contributed by atoms with E-state index < -0.39 is 6.04 Å². The van der Waals surface area contributed by atoms with Crippen molar-refractivity contribution in [2.24, 2.45) is 0 Å². The highest BCUT2D eigenvalue weighted by Gasteiger charge is 2.23. The zero-order valence-corrected chi connectivity index (χ0v) is 12.3. The average molecular weight is 291 g/mol. The summed E-state index contributed by atoms with van der Waals surface area (Å²) in [6.07, 6.45) is 4.96. The summed E-state index contributed by atoms with van der Waals surface area (Å²) in [6, 6.07) is 1.03. The Balaban J connectivity index is 1.68. The SMILES string of the molecule is C[C@H](C(=O)NC[C@@H]1CCCO1)n1nc2c(cc1=O)CCC2. The number of hydrogen-bond donors (Lipinski definition) is 1. The van der Waals surface area contributed by atoms with Crippen molar-refractivity contribution in [2.45, 2.75) is 51.2 Å². The van der Waals surface area contributed by atoms with Crippen LogP contribution in [0.1, 0.15) is 43.5 Å². The van der Waals surface area contributed by atoms with Gasteiger partial charge in [0.1, 0.15) is 6.04 Å². The average Bonchev–Trinajstić information content (AvgIpc) is 3.13. The van der Waals surface area contributed by atoms with Crippen LogP contribution >= 0.6 is 0 Å². The summed E-state index contributed by atoms with van der Waals surface area (Å²) >= 11 is 0. The van der Waals surface area contributed by atoms with Gasteiger partial charge in [-0.2, -0.15) is 5.10 Å². The molecular weight excluding hydrogens is 270 g/mol. The van der Waals surface area contributed by atoms with Crippen LogP contribution in [0.4, 0.5) is 0 Å². The van der Waals surface area contributed by atoms with Gasteiger partial charge in [0.25, 0.3) is 5.56 Å². The van der Waals surface area contributed by atoms with Gasteiger partial charge in [-0.1, -0.05) is 0 Å². The molecule has 114 valence electrons. The highest BCUT2D eigenvalue weighted by atomic mass is 16.5. The van der Waals surface area contributed by atoms with Crippen LogP contribution < -0.4 is 10.9 Å². The molecule has 1 aromatic heterocycles. The third-order valence-electron chi connectivity index (χ3n) is 4.26. The van der Waals surface area contributed by atoms with E-state index >= 15 is 0 Å². The number of aryl methyl sites for hydroxylation is 2. The molecule has 6 nitrogen and oxygen atoms in total. The fourth-order valence-electron chi connectivity index (χ4n) is 2.97. The summed E-state index contributed by atoms with van der Waals surface area (Å²) in [6.45, 7) is 2.98. The number of carbonyl (C=O) groups excluding carboxylic acids is 1. The Morgan fingerprint density at radius 3 is 3.14 bits per heavy atom. The Morgan fingerprint density at radius 2 is 2.38 bits per heavy atom. The van der Waals surface area contributed by atoms with Crippen molar-refractivity contribution in [3.05, 3.63) is 27.7 Å². The molecule has 0 bridgehead atoms. The van der Waals surface area contributed by atoms with Crippen molar-refractivity contribution in [1.29, 1.82) is 0 Å². The number of hydrogen-bond acceptors (Lipinski definition) is 4. The van der Waals surface area contributed by atoms with Crippen molar-refractivity contribution < 1.29 is 9.53 Å². The molecular formula is C15H21N3O3. The van der Waals surface area contributed by atoms with Gasteiger partial charge in [-0.15, -0.1) is 0 Å². The van der Waals surface area contributed by atoms with Crippen molar-refractivity contribution >= 4 is 5.91 Å². The highest BCUT2D eigenvalue weighted by Crippen LogP contribution is 2.18. The first-order chi connectivity index (χ1) is 10.1. The maximum Gasteiger partial charge on any atom is 0.267 e. The molecule has 2 atom stereocenters. The first kappa shape index (κ1) is 14.3. The first-order valence-corrected chi connectivity index (χ1v) is 7.66. The number of nitrogens with zero attached hydrogens (tertiary/aromatic N) is 2. The van der Waals surface area contributed by atoms with E-state index in [-0.39, 0.29) is 17.6 Å². The zero-order valence-electron chi connectivity index (χ0n) is 12.3. The third kappa shape index (κ3) is 3.00.